The van der Waals surface area contributed by atoms with E-state index < -0.39 is 71.2 Å². The smallest absolute Gasteiger partial charge is 0.306 e. The van der Waals surface area contributed by atoms with E-state index in [1.54, 1.807) is 0 Å². The standard InChI is InChI=1S/C43H72O12S/c1-3-5-7-9-11-13-15-16-17-18-19-20-22-23-25-27-29-31-38(44)52-33-36(54-39(45)32-30-28-26-24-21-14-12-10-8-6-4-2)34-53-43-42(48)41(47)40(46)37(55-43)35-56(49,50)51/h5,7,11,13,16-17,19-20,23,25,36-37,40-43,46-48H,3-4,6,8-10,12,14-15,18,21-22,24,26-35H2,1-2H3,(H,49,50,51)/b7-5+,13-11+,17-16+,20-19+,25-23+/t36-,37-,40-,41?,42?,43+/m1/s1. The first-order chi connectivity index (χ1) is 27.0. The van der Waals surface area contributed by atoms with Gasteiger partial charge in [0.05, 0.1) is 6.61 Å². The number of aliphatic hydroxyl groups is 3. The van der Waals surface area contributed by atoms with Crippen LogP contribution in [0.3, 0.4) is 0 Å². The van der Waals surface area contributed by atoms with Crippen LogP contribution >= 0.6 is 0 Å². The first kappa shape index (κ1) is 51.4. The van der Waals surface area contributed by atoms with Gasteiger partial charge < -0.3 is 34.3 Å². The molecule has 0 spiro atoms. The summed E-state index contributed by atoms with van der Waals surface area (Å²) in [6.45, 7) is 3.56. The van der Waals surface area contributed by atoms with Crippen molar-refractivity contribution in [3.63, 3.8) is 0 Å². The summed E-state index contributed by atoms with van der Waals surface area (Å²) in [4.78, 5) is 25.3. The van der Waals surface area contributed by atoms with E-state index in [1.165, 1.54) is 44.9 Å². The number of aliphatic hydroxyl groups excluding tert-OH is 3. The average Bonchev–Trinajstić information content (AvgIpc) is 3.16. The van der Waals surface area contributed by atoms with Crippen LogP contribution in [0.25, 0.3) is 0 Å². The van der Waals surface area contributed by atoms with Gasteiger partial charge in [0.1, 0.15) is 36.8 Å². The third kappa shape index (κ3) is 27.9. The van der Waals surface area contributed by atoms with Crippen LogP contribution in [0.5, 0.6) is 0 Å². The van der Waals surface area contributed by atoms with Crippen molar-refractivity contribution in [2.45, 2.75) is 179 Å². The Morgan fingerprint density at radius 2 is 1.12 bits per heavy atom. The van der Waals surface area contributed by atoms with Gasteiger partial charge in [-0.2, -0.15) is 8.42 Å². The molecule has 1 saturated heterocycles. The lowest BCUT2D eigenvalue weighted by Crippen LogP contribution is -2.60. The Morgan fingerprint density at radius 3 is 1.66 bits per heavy atom. The number of unbranched alkanes of at least 4 members (excludes halogenated alkanes) is 11. The molecule has 0 aromatic rings. The molecule has 1 aliphatic rings. The molecule has 0 aromatic heterocycles. The lowest BCUT2D eigenvalue weighted by Gasteiger charge is -2.40. The van der Waals surface area contributed by atoms with Crippen molar-refractivity contribution < 1.29 is 56.8 Å². The first-order valence-corrected chi connectivity index (χ1v) is 22.5. The molecular formula is C43H72O12S. The fraction of sp³-hybridized carbons (Fsp3) is 0.721. The SMILES string of the molecule is CC/C=C/C/C=C/C/C=C/C/C=C/C/C=C/CCCC(=O)OC[C@H](CO[C@H]1O[C@H](CS(=O)(=O)O)[C@@H](O)C(O)C1O)OC(=O)CCCCCCCCCCCCC. The second-order valence-electron chi connectivity index (χ2n) is 14.3. The van der Waals surface area contributed by atoms with Gasteiger partial charge in [-0.3, -0.25) is 14.1 Å². The second-order valence-corrected chi connectivity index (χ2v) is 15.8. The highest BCUT2D eigenvalue weighted by atomic mass is 32.2. The number of hydrogen-bond acceptors (Lipinski definition) is 11. The molecule has 13 heteroatoms. The molecule has 1 heterocycles. The maximum Gasteiger partial charge on any atom is 0.306 e. The van der Waals surface area contributed by atoms with E-state index in [-0.39, 0.29) is 19.4 Å². The zero-order valence-electron chi connectivity index (χ0n) is 34.0. The molecule has 0 aromatic carbocycles. The van der Waals surface area contributed by atoms with Gasteiger partial charge in [0.2, 0.25) is 0 Å². The monoisotopic (exact) mass is 812 g/mol. The Morgan fingerprint density at radius 1 is 0.625 bits per heavy atom. The Bertz CT molecular complexity index is 1280. The topological polar surface area (TPSA) is 186 Å². The number of ether oxygens (including phenoxy) is 4. The summed E-state index contributed by atoms with van der Waals surface area (Å²) < 4.78 is 53.8. The van der Waals surface area contributed by atoms with Gasteiger partial charge in [0, 0.05) is 12.8 Å². The average molecular weight is 813 g/mol. The molecule has 0 bridgehead atoms. The lowest BCUT2D eigenvalue weighted by atomic mass is 10.00. The van der Waals surface area contributed by atoms with Crippen LogP contribution in [0.4, 0.5) is 0 Å². The molecule has 1 aliphatic heterocycles. The van der Waals surface area contributed by atoms with Crippen molar-refractivity contribution in [3.05, 3.63) is 60.8 Å². The van der Waals surface area contributed by atoms with E-state index >= 15 is 0 Å². The predicted molar refractivity (Wildman–Crippen MR) is 219 cm³/mol. The van der Waals surface area contributed by atoms with E-state index in [1.807, 2.05) is 12.2 Å². The molecule has 6 atom stereocenters. The number of rotatable bonds is 33. The molecular weight excluding hydrogens is 741 g/mol. The van der Waals surface area contributed by atoms with Crippen LogP contribution in [0, 0.1) is 0 Å². The molecule has 322 valence electrons. The molecule has 0 aliphatic carbocycles. The maximum absolute atomic E-state index is 12.7. The lowest BCUT2D eigenvalue weighted by molar-refractivity contribution is -0.297. The third-order valence-corrected chi connectivity index (χ3v) is 9.86. The number of carbonyl (C=O) groups is 2. The van der Waals surface area contributed by atoms with Crippen LogP contribution in [0.2, 0.25) is 0 Å². The van der Waals surface area contributed by atoms with Gasteiger partial charge in [0.15, 0.2) is 12.4 Å². The van der Waals surface area contributed by atoms with E-state index in [9.17, 15) is 37.9 Å². The summed E-state index contributed by atoms with van der Waals surface area (Å²) in [6, 6.07) is 0. The summed E-state index contributed by atoms with van der Waals surface area (Å²) in [5, 5.41) is 30.8. The van der Waals surface area contributed by atoms with Crippen LogP contribution in [0.15, 0.2) is 60.8 Å². The highest BCUT2D eigenvalue weighted by Crippen LogP contribution is 2.24. The minimum absolute atomic E-state index is 0.139. The predicted octanol–water partition coefficient (Wildman–Crippen LogP) is 7.78. The van der Waals surface area contributed by atoms with E-state index in [2.05, 4.69) is 62.5 Å². The molecule has 2 unspecified atom stereocenters. The zero-order valence-corrected chi connectivity index (χ0v) is 34.8. The van der Waals surface area contributed by atoms with Gasteiger partial charge in [-0.15, -0.1) is 0 Å². The van der Waals surface area contributed by atoms with Crippen molar-refractivity contribution in [2.75, 3.05) is 19.0 Å². The third-order valence-electron chi connectivity index (χ3n) is 9.11. The van der Waals surface area contributed by atoms with Crippen molar-refractivity contribution >= 4 is 22.1 Å². The van der Waals surface area contributed by atoms with Crippen LogP contribution in [-0.4, -0.2) is 96.0 Å². The molecule has 0 radical (unpaired) electrons. The molecule has 1 fully saturated rings. The quantitative estimate of drug-likeness (QED) is 0.0219. The Balaban J connectivity index is 2.52. The highest BCUT2D eigenvalue weighted by molar-refractivity contribution is 7.85. The minimum atomic E-state index is -4.61. The fourth-order valence-electron chi connectivity index (χ4n) is 5.89. The largest absolute Gasteiger partial charge is 0.462 e. The van der Waals surface area contributed by atoms with Gasteiger partial charge in [0.25, 0.3) is 10.1 Å². The van der Waals surface area contributed by atoms with Crippen LogP contribution in [0.1, 0.15) is 142 Å². The summed E-state index contributed by atoms with van der Waals surface area (Å²) in [5.41, 5.74) is 0. The van der Waals surface area contributed by atoms with Crippen molar-refractivity contribution in [1.82, 2.24) is 0 Å². The first-order valence-electron chi connectivity index (χ1n) is 20.8. The van der Waals surface area contributed by atoms with Crippen molar-refractivity contribution in [3.8, 4) is 0 Å². The number of carbonyl (C=O) groups excluding carboxylic acids is 2. The van der Waals surface area contributed by atoms with E-state index in [4.69, 9.17) is 18.9 Å². The molecule has 0 amide bonds. The zero-order chi connectivity index (χ0) is 41.3. The number of allylic oxidation sites excluding steroid dienone is 10. The van der Waals surface area contributed by atoms with Gasteiger partial charge >= 0.3 is 11.9 Å². The van der Waals surface area contributed by atoms with E-state index in [0.29, 0.717) is 19.3 Å². The number of hydrogen-bond donors (Lipinski definition) is 4. The van der Waals surface area contributed by atoms with E-state index in [0.717, 1.165) is 51.4 Å². The highest BCUT2D eigenvalue weighted by Gasteiger charge is 2.46. The van der Waals surface area contributed by atoms with Gasteiger partial charge in [-0.25, -0.2) is 0 Å². The fourth-order valence-corrected chi connectivity index (χ4v) is 6.58. The summed E-state index contributed by atoms with van der Waals surface area (Å²) in [6.07, 6.45) is 30.0. The van der Waals surface area contributed by atoms with Gasteiger partial charge in [-0.1, -0.05) is 139 Å². The minimum Gasteiger partial charge on any atom is -0.462 e. The maximum atomic E-state index is 12.7. The van der Waals surface area contributed by atoms with Gasteiger partial charge in [-0.05, 0) is 51.4 Å². The molecule has 4 N–H and O–H groups in total. The molecule has 12 nitrogen and oxygen atoms in total. The second kappa shape index (κ2) is 33.3. The van der Waals surface area contributed by atoms with Crippen LogP contribution in [-0.2, 0) is 38.7 Å². The van der Waals surface area contributed by atoms with Crippen LogP contribution < -0.4 is 0 Å². The summed E-state index contributed by atoms with van der Waals surface area (Å²) >= 11 is 0. The Kier molecular flexibility index (Phi) is 30.6. The number of esters is 2. The molecule has 1 rings (SSSR count). The van der Waals surface area contributed by atoms with Crippen molar-refractivity contribution in [2.24, 2.45) is 0 Å². The normalized spacial score (nSPS) is 21.3. The van der Waals surface area contributed by atoms with Crippen molar-refractivity contribution in [1.29, 1.82) is 0 Å². The Hall–Kier alpha value is -2.65. The summed E-state index contributed by atoms with van der Waals surface area (Å²) in [5.74, 6) is -2.06. The molecule has 0 saturated carbocycles. The summed E-state index contributed by atoms with van der Waals surface area (Å²) in [7, 11) is -4.61. The Labute approximate surface area is 336 Å². The molecule has 56 heavy (non-hydrogen) atoms.